The predicted octanol–water partition coefficient (Wildman–Crippen LogP) is 2.67. The van der Waals surface area contributed by atoms with Crippen LogP contribution in [0.3, 0.4) is 0 Å². The number of para-hydroxylation sites is 2. The Hall–Kier alpha value is -3.00. The van der Waals surface area contributed by atoms with E-state index in [1.807, 2.05) is 24.3 Å². The first-order chi connectivity index (χ1) is 13.5. The van der Waals surface area contributed by atoms with Crippen molar-refractivity contribution in [2.75, 3.05) is 13.1 Å². The van der Waals surface area contributed by atoms with Gasteiger partial charge in [0, 0.05) is 30.4 Å². The number of amides is 3. The highest BCUT2D eigenvalue weighted by Gasteiger charge is 2.35. The van der Waals surface area contributed by atoms with Gasteiger partial charge in [0.2, 0.25) is 5.91 Å². The molecule has 2 aromatic carbocycles. The van der Waals surface area contributed by atoms with E-state index < -0.39 is 0 Å². The second-order valence-corrected chi connectivity index (χ2v) is 7.42. The minimum absolute atomic E-state index is 0.0560. The molecule has 0 aliphatic carbocycles. The lowest BCUT2D eigenvalue weighted by molar-refractivity contribution is -0.121. The van der Waals surface area contributed by atoms with Crippen molar-refractivity contribution >= 4 is 44.7 Å². The Kier molecular flexibility index (Phi) is 4.95. The molecule has 2 heterocycles. The SMILES string of the molecule is O=C(CCN1C(=O)c2ccc(Br)cc2C1=O)NCCc1nc2ccccc2[nH]1. The number of hydrogen-bond donors (Lipinski definition) is 2. The highest BCUT2D eigenvalue weighted by atomic mass is 79.9. The Balaban J connectivity index is 1.28. The van der Waals surface area contributed by atoms with Crippen LogP contribution in [0.2, 0.25) is 0 Å². The van der Waals surface area contributed by atoms with Crippen molar-refractivity contribution in [1.29, 1.82) is 0 Å². The van der Waals surface area contributed by atoms with Crippen LogP contribution in [0.15, 0.2) is 46.9 Å². The number of aromatic nitrogens is 2. The number of H-pyrrole nitrogens is 1. The largest absolute Gasteiger partial charge is 0.356 e. The maximum atomic E-state index is 12.4. The molecule has 0 saturated carbocycles. The number of imide groups is 1. The first kappa shape index (κ1) is 18.4. The molecule has 0 bridgehead atoms. The van der Waals surface area contributed by atoms with Crippen molar-refractivity contribution in [3.05, 3.63) is 63.9 Å². The Morgan fingerprint density at radius 3 is 2.71 bits per heavy atom. The fourth-order valence-corrected chi connectivity index (χ4v) is 3.57. The molecule has 4 rings (SSSR count). The van der Waals surface area contributed by atoms with Crippen LogP contribution >= 0.6 is 15.9 Å². The number of nitrogens with zero attached hydrogens (tertiary/aromatic N) is 2. The summed E-state index contributed by atoms with van der Waals surface area (Å²) < 4.78 is 0.734. The summed E-state index contributed by atoms with van der Waals surface area (Å²) in [7, 11) is 0. The molecule has 3 aromatic rings. The standard InChI is InChI=1S/C20H17BrN4O3/c21-12-5-6-13-14(11-12)20(28)25(19(13)27)10-8-18(26)22-9-7-17-23-15-3-1-2-4-16(15)24-17/h1-6,11H,7-10H2,(H,22,26)(H,23,24). The van der Waals surface area contributed by atoms with Gasteiger partial charge in [-0.2, -0.15) is 0 Å². The molecule has 1 aromatic heterocycles. The van der Waals surface area contributed by atoms with Gasteiger partial charge in [-0.25, -0.2) is 4.98 Å². The molecule has 1 aliphatic rings. The molecule has 28 heavy (non-hydrogen) atoms. The van der Waals surface area contributed by atoms with E-state index in [4.69, 9.17) is 0 Å². The number of aromatic amines is 1. The van der Waals surface area contributed by atoms with E-state index in [2.05, 4.69) is 31.2 Å². The molecule has 7 nitrogen and oxygen atoms in total. The summed E-state index contributed by atoms with van der Waals surface area (Å²) in [6.45, 7) is 0.480. The molecule has 0 unspecified atom stereocenters. The Morgan fingerprint density at radius 2 is 1.89 bits per heavy atom. The molecule has 0 fully saturated rings. The van der Waals surface area contributed by atoms with E-state index in [0.717, 1.165) is 26.2 Å². The topological polar surface area (TPSA) is 95.2 Å². The molecule has 142 valence electrons. The Labute approximate surface area is 169 Å². The van der Waals surface area contributed by atoms with E-state index in [-0.39, 0.29) is 30.7 Å². The number of rotatable bonds is 6. The lowest BCUT2D eigenvalue weighted by atomic mass is 10.1. The molecular formula is C20H17BrN4O3. The van der Waals surface area contributed by atoms with E-state index in [1.54, 1.807) is 18.2 Å². The quantitative estimate of drug-likeness (QED) is 0.575. The van der Waals surface area contributed by atoms with Gasteiger partial charge < -0.3 is 10.3 Å². The minimum atomic E-state index is -0.364. The number of carbonyl (C=O) groups is 3. The third kappa shape index (κ3) is 3.55. The van der Waals surface area contributed by atoms with Crippen LogP contribution in [0, 0.1) is 0 Å². The van der Waals surface area contributed by atoms with Gasteiger partial charge in [-0.15, -0.1) is 0 Å². The summed E-state index contributed by atoms with van der Waals surface area (Å²) in [5, 5.41) is 2.80. The lowest BCUT2D eigenvalue weighted by Crippen LogP contribution is -2.35. The zero-order chi connectivity index (χ0) is 19.7. The summed E-state index contributed by atoms with van der Waals surface area (Å²) in [4.78, 5) is 45.7. The van der Waals surface area contributed by atoms with Crippen LogP contribution in [0.5, 0.6) is 0 Å². The zero-order valence-electron chi connectivity index (χ0n) is 14.9. The van der Waals surface area contributed by atoms with Gasteiger partial charge in [-0.05, 0) is 30.3 Å². The fraction of sp³-hybridized carbons (Fsp3) is 0.200. The van der Waals surface area contributed by atoms with Gasteiger partial charge >= 0.3 is 0 Å². The van der Waals surface area contributed by atoms with Gasteiger partial charge in [0.05, 0.1) is 22.2 Å². The Bertz CT molecular complexity index is 1060. The highest BCUT2D eigenvalue weighted by Crippen LogP contribution is 2.26. The van der Waals surface area contributed by atoms with Crippen LogP contribution in [0.1, 0.15) is 33.0 Å². The van der Waals surface area contributed by atoms with Crippen molar-refractivity contribution < 1.29 is 14.4 Å². The summed E-state index contributed by atoms with van der Waals surface area (Å²) in [6, 6.07) is 12.7. The van der Waals surface area contributed by atoms with Gasteiger partial charge in [-0.3, -0.25) is 19.3 Å². The minimum Gasteiger partial charge on any atom is -0.356 e. The average molecular weight is 441 g/mol. The van der Waals surface area contributed by atoms with Crippen molar-refractivity contribution in [3.63, 3.8) is 0 Å². The molecule has 0 atom stereocenters. The highest BCUT2D eigenvalue weighted by molar-refractivity contribution is 9.10. The predicted molar refractivity (Wildman–Crippen MR) is 107 cm³/mol. The molecule has 3 amide bonds. The molecule has 2 N–H and O–H groups in total. The van der Waals surface area contributed by atoms with Crippen molar-refractivity contribution in [2.24, 2.45) is 0 Å². The number of nitrogens with one attached hydrogen (secondary N) is 2. The average Bonchev–Trinajstić information content (AvgIpc) is 3.19. The number of fused-ring (bicyclic) bond motifs is 2. The summed E-state index contributed by atoms with van der Waals surface area (Å²) in [5.41, 5.74) is 2.59. The van der Waals surface area contributed by atoms with Crippen LogP contribution in [0.25, 0.3) is 11.0 Å². The maximum Gasteiger partial charge on any atom is 0.261 e. The molecule has 1 aliphatic heterocycles. The maximum absolute atomic E-state index is 12.4. The smallest absolute Gasteiger partial charge is 0.261 e. The van der Waals surface area contributed by atoms with Gasteiger partial charge in [0.25, 0.3) is 11.8 Å². The monoisotopic (exact) mass is 440 g/mol. The molecule has 8 heteroatoms. The van der Waals surface area contributed by atoms with Crippen molar-refractivity contribution in [1.82, 2.24) is 20.2 Å². The number of benzene rings is 2. The number of hydrogen-bond acceptors (Lipinski definition) is 4. The van der Waals surface area contributed by atoms with Crippen molar-refractivity contribution in [2.45, 2.75) is 12.8 Å². The molecule has 0 radical (unpaired) electrons. The van der Waals surface area contributed by atoms with Crippen molar-refractivity contribution in [3.8, 4) is 0 Å². The number of halogens is 1. The second kappa shape index (κ2) is 7.55. The summed E-state index contributed by atoms with van der Waals surface area (Å²) in [6.07, 6.45) is 0.633. The number of imidazole rings is 1. The van der Waals surface area contributed by atoms with Gasteiger partial charge in [0.15, 0.2) is 0 Å². The lowest BCUT2D eigenvalue weighted by Gasteiger charge is -2.13. The van der Waals surface area contributed by atoms with E-state index in [9.17, 15) is 14.4 Å². The Morgan fingerprint density at radius 1 is 1.11 bits per heavy atom. The van der Waals surface area contributed by atoms with E-state index in [1.165, 1.54) is 0 Å². The first-order valence-electron chi connectivity index (χ1n) is 8.89. The van der Waals surface area contributed by atoms with E-state index >= 15 is 0 Å². The normalized spacial score (nSPS) is 13.2. The zero-order valence-corrected chi connectivity index (χ0v) is 16.5. The number of carbonyl (C=O) groups excluding carboxylic acids is 3. The van der Waals surface area contributed by atoms with E-state index in [0.29, 0.717) is 24.1 Å². The first-order valence-corrected chi connectivity index (χ1v) is 9.68. The van der Waals surface area contributed by atoms with Crippen LogP contribution in [-0.2, 0) is 11.2 Å². The molecule has 0 saturated heterocycles. The van der Waals surface area contributed by atoms with Gasteiger partial charge in [-0.1, -0.05) is 28.1 Å². The third-order valence-corrected chi connectivity index (χ3v) is 5.11. The third-order valence-electron chi connectivity index (χ3n) is 4.62. The van der Waals surface area contributed by atoms with Crippen LogP contribution < -0.4 is 5.32 Å². The molecular weight excluding hydrogens is 424 g/mol. The second-order valence-electron chi connectivity index (χ2n) is 6.50. The fourth-order valence-electron chi connectivity index (χ4n) is 3.21. The molecule has 0 spiro atoms. The summed E-state index contributed by atoms with van der Waals surface area (Å²) >= 11 is 3.30. The summed E-state index contributed by atoms with van der Waals surface area (Å²) in [5.74, 6) is -0.139. The van der Waals surface area contributed by atoms with Gasteiger partial charge in [0.1, 0.15) is 5.82 Å². The van der Waals surface area contributed by atoms with Crippen LogP contribution in [-0.4, -0.2) is 45.7 Å². The van der Waals surface area contributed by atoms with Crippen LogP contribution in [0.4, 0.5) is 0 Å².